The van der Waals surface area contributed by atoms with Crippen molar-refractivity contribution >= 4 is 0 Å². The summed E-state index contributed by atoms with van der Waals surface area (Å²) in [4.78, 5) is 4.71. The van der Waals surface area contributed by atoms with Crippen molar-refractivity contribution in [2.75, 3.05) is 0 Å². The van der Waals surface area contributed by atoms with Crippen LogP contribution in [-0.4, -0.2) is 11.0 Å². The van der Waals surface area contributed by atoms with Crippen LogP contribution in [0, 0.1) is 23.2 Å². The first-order chi connectivity index (χ1) is 12.7. The zero-order chi connectivity index (χ0) is 19.4. The summed E-state index contributed by atoms with van der Waals surface area (Å²) in [5.74, 6) is 3.20. The summed E-state index contributed by atoms with van der Waals surface area (Å²) in [7, 11) is 0. The zero-order valence-electron chi connectivity index (χ0n) is 17.7. The predicted octanol–water partition coefficient (Wildman–Crippen LogP) is 5.80. The van der Waals surface area contributed by atoms with Gasteiger partial charge in [-0.05, 0) is 59.1 Å². The van der Waals surface area contributed by atoms with Gasteiger partial charge in [0.2, 0.25) is 5.89 Å². The fourth-order valence-electron chi connectivity index (χ4n) is 5.29. The van der Waals surface area contributed by atoms with Crippen molar-refractivity contribution in [1.82, 2.24) is 10.3 Å². The maximum Gasteiger partial charge on any atom is 0.226 e. The molecule has 4 atom stereocenters. The Morgan fingerprint density at radius 3 is 2.44 bits per heavy atom. The number of nitrogens with zero attached hydrogens (tertiary/aromatic N) is 1. The maximum absolute atomic E-state index is 5.75. The topological polar surface area (TPSA) is 38.1 Å². The van der Waals surface area contributed by atoms with Crippen LogP contribution in [0.15, 0.2) is 34.9 Å². The molecular weight excluding hydrogens is 332 g/mol. The lowest BCUT2D eigenvalue weighted by molar-refractivity contribution is -0.115. The van der Waals surface area contributed by atoms with Crippen molar-refractivity contribution in [3.8, 4) is 11.5 Å². The first-order valence-electron chi connectivity index (χ1n) is 10.4. The van der Waals surface area contributed by atoms with Crippen LogP contribution in [0.1, 0.15) is 65.6 Å². The molecule has 3 aliphatic carbocycles. The molecule has 27 heavy (non-hydrogen) atoms. The third kappa shape index (κ3) is 3.35. The van der Waals surface area contributed by atoms with Gasteiger partial charge in [0.25, 0.3) is 0 Å². The Morgan fingerprint density at radius 1 is 1.15 bits per heavy atom. The van der Waals surface area contributed by atoms with Crippen LogP contribution in [0.5, 0.6) is 0 Å². The summed E-state index contributed by atoms with van der Waals surface area (Å²) in [6.07, 6.45) is 4.52. The van der Waals surface area contributed by atoms with Crippen LogP contribution < -0.4 is 5.32 Å². The van der Waals surface area contributed by atoms with Gasteiger partial charge in [-0.15, -0.1) is 0 Å². The van der Waals surface area contributed by atoms with Crippen molar-refractivity contribution in [3.05, 3.63) is 41.8 Å². The molecule has 0 unspecified atom stereocenters. The highest BCUT2D eigenvalue weighted by Gasteiger charge is 2.55. The minimum absolute atomic E-state index is 0.163. The number of hydrogen-bond donors (Lipinski definition) is 1. The molecule has 3 aliphatic rings. The van der Waals surface area contributed by atoms with E-state index >= 15 is 0 Å². The molecule has 146 valence electrons. The first kappa shape index (κ1) is 18.7. The molecule has 3 nitrogen and oxygen atoms in total. The fraction of sp³-hybridized carbons (Fsp3) is 0.625. The monoisotopic (exact) mass is 366 g/mol. The van der Waals surface area contributed by atoms with Crippen molar-refractivity contribution in [1.29, 1.82) is 0 Å². The molecule has 1 aromatic carbocycles. The van der Waals surface area contributed by atoms with E-state index in [1.54, 1.807) is 6.26 Å². The third-order valence-electron chi connectivity index (χ3n) is 7.45. The number of rotatable bonds is 4. The van der Waals surface area contributed by atoms with E-state index in [1.165, 1.54) is 18.4 Å². The quantitative estimate of drug-likeness (QED) is 0.743. The van der Waals surface area contributed by atoms with E-state index in [0.717, 1.165) is 35.6 Å². The number of oxazole rings is 1. The summed E-state index contributed by atoms with van der Waals surface area (Å²) in [5.41, 5.74) is 4.07. The lowest BCUT2D eigenvalue weighted by Gasteiger charge is -2.62. The molecule has 1 heterocycles. The van der Waals surface area contributed by atoms with Crippen LogP contribution >= 0.6 is 0 Å². The maximum atomic E-state index is 5.75. The second kappa shape index (κ2) is 6.48. The van der Waals surface area contributed by atoms with E-state index in [2.05, 4.69) is 71.1 Å². The van der Waals surface area contributed by atoms with E-state index in [-0.39, 0.29) is 5.41 Å². The van der Waals surface area contributed by atoms with Gasteiger partial charge in [0, 0.05) is 18.2 Å². The second-order valence-electron chi connectivity index (χ2n) is 10.4. The molecule has 0 amide bonds. The zero-order valence-corrected chi connectivity index (χ0v) is 17.7. The molecule has 3 saturated carbocycles. The van der Waals surface area contributed by atoms with Gasteiger partial charge < -0.3 is 9.73 Å². The van der Waals surface area contributed by atoms with Crippen LogP contribution in [0.4, 0.5) is 0 Å². The second-order valence-corrected chi connectivity index (χ2v) is 10.4. The number of fused-ring (bicyclic) bond motifs is 2. The fourth-order valence-corrected chi connectivity index (χ4v) is 5.29. The highest BCUT2D eigenvalue weighted by molar-refractivity contribution is 5.54. The van der Waals surface area contributed by atoms with E-state index < -0.39 is 0 Å². The Balaban J connectivity index is 1.38. The SMILES string of the molecule is C[C@@H]1[C@H]2C[C@@H](C[C@H]1NCc1coc(-c3ccc(C(C)(C)C)cc3)n1)C2(C)C. The molecule has 3 heteroatoms. The lowest BCUT2D eigenvalue weighted by Crippen LogP contribution is -2.59. The molecule has 0 spiro atoms. The van der Waals surface area contributed by atoms with E-state index in [1.807, 2.05) is 0 Å². The Morgan fingerprint density at radius 2 is 1.85 bits per heavy atom. The smallest absolute Gasteiger partial charge is 0.226 e. The molecule has 1 N–H and O–H groups in total. The average molecular weight is 367 g/mol. The van der Waals surface area contributed by atoms with Crippen molar-refractivity contribution in [2.24, 2.45) is 23.2 Å². The molecule has 0 aliphatic heterocycles. The summed E-state index contributed by atoms with van der Waals surface area (Å²) in [5, 5.41) is 3.76. The summed E-state index contributed by atoms with van der Waals surface area (Å²) in [6, 6.07) is 9.18. The summed E-state index contributed by atoms with van der Waals surface area (Å²) < 4.78 is 5.75. The average Bonchev–Trinajstić information content (AvgIpc) is 3.08. The highest BCUT2D eigenvalue weighted by atomic mass is 16.3. The minimum Gasteiger partial charge on any atom is -0.444 e. The van der Waals surface area contributed by atoms with Gasteiger partial charge in [-0.3, -0.25) is 0 Å². The Bertz CT molecular complexity index is 797. The van der Waals surface area contributed by atoms with Crippen LogP contribution in [0.25, 0.3) is 11.5 Å². The Hall–Kier alpha value is -1.61. The predicted molar refractivity (Wildman–Crippen MR) is 110 cm³/mol. The highest BCUT2D eigenvalue weighted by Crippen LogP contribution is 2.61. The third-order valence-corrected chi connectivity index (χ3v) is 7.45. The number of nitrogens with one attached hydrogen (secondary N) is 1. The number of aromatic nitrogens is 1. The van der Waals surface area contributed by atoms with Gasteiger partial charge in [0.1, 0.15) is 6.26 Å². The van der Waals surface area contributed by atoms with Gasteiger partial charge in [-0.25, -0.2) is 4.98 Å². The normalized spacial score (nSPS) is 29.4. The van der Waals surface area contributed by atoms with Crippen molar-refractivity contribution < 1.29 is 4.42 Å². The Kier molecular flexibility index (Phi) is 4.50. The van der Waals surface area contributed by atoms with Crippen LogP contribution in [0.3, 0.4) is 0 Å². The summed E-state index contributed by atoms with van der Waals surface area (Å²) in [6.45, 7) is 14.8. The molecule has 0 saturated heterocycles. The molecule has 1 aromatic heterocycles. The van der Waals surface area contributed by atoms with Gasteiger partial charge in [-0.2, -0.15) is 0 Å². The van der Waals surface area contributed by atoms with Gasteiger partial charge >= 0.3 is 0 Å². The molecule has 3 fully saturated rings. The number of benzene rings is 1. The van der Waals surface area contributed by atoms with Gasteiger partial charge in [0.15, 0.2) is 0 Å². The Labute approximate surface area is 164 Å². The van der Waals surface area contributed by atoms with E-state index in [4.69, 9.17) is 9.40 Å². The van der Waals surface area contributed by atoms with E-state index in [0.29, 0.717) is 17.3 Å². The van der Waals surface area contributed by atoms with Crippen molar-refractivity contribution in [3.63, 3.8) is 0 Å². The van der Waals surface area contributed by atoms with Crippen molar-refractivity contribution in [2.45, 2.75) is 72.4 Å². The van der Waals surface area contributed by atoms with Crippen LogP contribution in [-0.2, 0) is 12.0 Å². The molecular formula is C24H34N2O. The summed E-state index contributed by atoms with van der Waals surface area (Å²) >= 11 is 0. The molecule has 2 bridgehead atoms. The first-order valence-corrected chi connectivity index (χ1v) is 10.4. The van der Waals surface area contributed by atoms with Crippen LogP contribution in [0.2, 0.25) is 0 Å². The lowest BCUT2D eigenvalue weighted by atomic mass is 9.45. The van der Waals surface area contributed by atoms with E-state index in [9.17, 15) is 0 Å². The van der Waals surface area contributed by atoms with Gasteiger partial charge in [-0.1, -0.05) is 53.7 Å². The minimum atomic E-state index is 0.163. The largest absolute Gasteiger partial charge is 0.444 e. The number of hydrogen-bond acceptors (Lipinski definition) is 3. The standard InChI is InChI=1S/C24H34N2O/c1-15-20-11-18(24(20,5)6)12-21(15)25-13-19-14-27-22(26-19)16-7-9-17(10-8-16)23(2,3)4/h7-10,14-15,18,20-21,25H,11-13H2,1-6H3/t15-,18+,20-,21-/m1/s1. The molecule has 0 radical (unpaired) electrons. The molecule has 2 aromatic rings. The van der Waals surface area contributed by atoms with Gasteiger partial charge in [0.05, 0.1) is 5.69 Å². The molecule has 5 rings (SSSR count).